The van der Waals surface area contributed by atoms with Gasteiger partial charge in [-0.3, -0.25) is 4.79 Å². The number of nitrogens with one attached hydrogen (secondary N) is 2. The number of carboxylic acid groups (broad SMARTS) is 1. The molecule has 3 N–H and O–H groups in total. The number of aliphatic carboxylic acids is 1. The minimum Gasteiger partial charge on any atom is -0.480 e. The number of aromatic amines is 1. The summed E-state index contributed by atoms with van der Waals surface area (Å²) in [7, 11) is 0. The number of H-pyrrole nitrogens is 1. The van der Waals surface area contributed by atoms with Gasteiger partial charge in [0.05, 0.1) is 6.33 Å². The van der Waals surface area contributed by atoms with Crippen LogP contribution in [0.15, 0.2) is 42.9 Å². The first-order chi connectivity index (χ1) is 10.6. The first kappa shape index (κ1) is 15.8. The second kappa shape index (κ2) is 7.40. The predicted molar refractivity (Wildman–Crippen MR) is 81.2 cm³/mol. The Morgan fingerprint density at radius 2 is 2.00 bits per heavy atom. The van der Waals surface area contributed by atoms with Crippen molar-refractivity contribution in [2.24, 2.45) is 5.92 Å². The van der Waals surface area contributed by atoms with Crippen molar-refractivity contribution in [3.05, 3.63) is 54.1 Å². The maximum absolute atomic E-state index is 12.2. The Kier molecular flexibility index (Phi) is 5.30. The number of carbonyl (C=O) groups is 2. The van der Waals surface area contributed by atoms with Crippen LogP contribution in [-0.2, 0) is 22.4 Å². The van der Waals surface area contributed by atoms with E-state index in [0.717, 1.165) is 5.56 Å². The van der Waals surface area contributed by atoms with E-state index < -0.39 is 12.0 Å². The topological polar surface area (TPSA) is 95.1 Å². The van der Waals surface area contributed by atoms with E-state index in [0.29, 0.717) is 12.1 Å². The lowest BCUT2D eigenvalue weighted by molar-refractivity contribution is -0.142. The molecule has 6 heteroatoms. The molecule has 0 spiro atoms. The monoisotopic (exact) mass is 301 g/mol. The highest BCUT2D eigenvalue weighted by atomic mass is 16.4. The lowest BCUT2D eigenvalue weighted by atomic mass is 10.00. The number of imidazole rings is 1. The van der Waals surface area contributed by atoms with Crippen LogP contribution in [-0.4, -0.2) is 33.0 Å². The van der Waals surface area contributed by atoms with Gasteiger partial charge < -0.3 is 15.4 Å². The highest BCUT2D eigenvalue weighted by Gasteiger charge is 2.23. The predicted octanol–water partition coefficient (Wildman–Crippen LogP) is 1.40. The molecule has 0 aliphatic carbocycles. The molecule has 1 aromatic carbocycles. The van der Waals surface area contributed by atoms with Crippen molar-refractivity contribution >= 4 is 11.9 Å². The first-order valence-corrected chi connectivity index (χ1v) is 7.10. The quantitative estimate of drug-likeness (QED) is 0.720. The number of carboxylic acids is 1. The van der Waals surface area contributed by atoms with Crippen LogP contribution >= 0.6 is 0 Å². The van der Waals surface area contributed by atoms with Gasteiger partial charge in [0.15, 0.2) is 0 Å². The fourth-order valence-electron chi connectivity index (χ4n) is 2.19. The van der Waals surface area contributed by atoms with Crippen molar-refractivity contribution in [3.63, 3.8) is 0 Å². The molecule has 1 aromatic heterocycles. The third-order valence-electron chi connectivity index (χ3n) is 3.43. The van der Waals surface area contributed by atoms with E-state index in [1.165, 1.54) is 6.33 Å². The number of benzene rings is 1. The van der Waals surface area contributed by atoms with Crippen molar-refractivity contribution in [1.29, 1.82) is 0 Å². The Labute approximate surface area is 128 Å². The maximum Gasteiger partial charge on any atom is 0.326 e. The summed E-state index contributed by atoms with van der Waals surface area (Å²) in [6.07, 6.45) is 3.78. The summed E-state index contributed by atoms with van der Waals surface area (Å²) in [6, 6.07) is 8.67. The minimum atomic E-state index is -1.06. The molecule has 0 saturated heterocycles. The SMILES string of the molecule is CC(Cc1ccccc1)C(=O)N[C@@H](Cc1cnc[nH]1)C(=O)O. The Morgan fingerprint density at radius 3 is 2.59 bits per heavy atom. The van der Waals surface area contributed by atoms with Crippen LogP contribution in [0.25, 0.3) is 0 Å². The molecule has 0 radical (unpaired) electrons. The molecule has 2 atom stereocenters. The summed E-state index contributed by atoms with van der Waals surface area (Å²) in [4.78, 5) is 30.2. The largest absolute Gasteiger partial charge is 0.480 e. The third kappa shape index (κ3) is 4.44. The molecule has 0 aliphatic heterocycles. The van der Waals surface area contributed by atoms with E-state index in [1.807, 2.05) is 30.3 Å². The zero-order valence-electron chi connectivity index (χ0n) is 12.3. The molecule has 2 rings (SSSR count). The molecule has 1 heterocycles. The summed E-state index contributed by atoms with van der Waals surface area (Å²) >= 11 is 0. The molecule has 1 unspecified atom stereocenters. The van der Waals surface area contributed by atoms with E-state index >= 15 is 0 Å². The molecule has 0 aliphatic rings. The lowest BCUT2D eigenvalue weighted by Crippen LogP contribution is -2.44. The Bertz CT molecular complexity index is 611. The second-order valence-electron chi connectivity index (χ2n) is 5.27. The van der Waals surface area contributed by atoms with Gasteiger partial charge in [-0.25, -0.2) is 9.78 Å². The van der Waals surface area contributed by atoms with E-state index in [-0.39, 0.29) is 18.2 Å². The molecular weight excluding hydrogens is 282 g/mol. The minimum absolute atomic E-state index is 0.180. The molecule has 1 amide bonds. The summed E-state index contributed by atoms with van der Waals surface area (Å²) in [5.41, 5.74) is 1.72. The number of amides is 1. The van der Waals surface area contributed by atoms with Crippen LogP contribution < -0.4 is 5.32 Å². The average molecular weight is 301 g/mol. The maximum atomic E-state index is 12.2. The van der Waals surface area contributed by atoms with Gasteiger partial charge >= 0.3 is 5.97 Å². The lowest BCUT2D eigenvalue weighted by Gasteiger charge is -2.17. The van der Waals surface area contributed by atoms with Crippen LogP contribution in [0.1, 0.15) is 18.2 Å². The zero-order chi connectivity index (χ0) is 15.9. The van der Waals surface area contributed by atoms with Gasteiger partial charge in [0.25, 0.3) is 0 Å². The van der Waals surface area contributed by atoms with Gasteiger partial charge in [0, 0.05) is 24.2 Å². The third-order valence-corrected chi connectivity index (χ3v) is 3.43. The van der Waals surface area contributed by atoms with Crippen molar-refractivity contribution in [2.45, 2.75) is 25.8 Å². The van der Waals surface area contributed by atoms with Gasteiger partial charge in [0.2, 0.25) is 5.91 Å². The fourth-order valence-corrected chi connectivity index (χ4v) is 2.19. The molecule has 6 nitrogen and oxygen atoms in total. The number of carbonyl (C=O) groups excluding carboxylic acids is 1. The fraction of sp³-hybridized carbons (Fsp3) is 0.312. The molecule has 0 saturated carbocycles. The Hall–Kier alpha value is -2.63. The zero-order valence-corrected chi connectivity index (χ0v) is 12.3. The van der Waals surface area contributed by atoms with Crippen LogP contribution in [0.5, 0.6) is 0 Å². The van der Waals surface area contributed by atoms with Gasteiger partial charge in [-0.05, 0) is 12.0 Å². The highest BCUT2D eigenvalue weighted by Crippen LogP contribution is 2.09. The van der Waals surface area contributed by atoms with Crippen LogP contribution in [0.2, 0.25) is 0 Å². The number of nitrogens with zero attached hydrogens (tertiary/aromatic N) is 1. The smallest absolute Gasteiger partial charge is 0.326 e. The summed E-state index contributed by atoms with van der Waals surface area (Å²) in [5, 5.41) is 11.8. The van der Waals surface area contributed by atoms with Crippen LogP contribution in [0.4, 0.5) is 0 Å². The van der Waals surface area contributed by atoms with E-state index in [2.05, 4.69) is 15.3 Å². The van der Waals surface area contributed by atoms with Crippen LogP contribution in [0.3, 0.4) is 0 Å². The molecule has 0 bridgehead atoms. The van der Waals surface area contributed by atoms with Crippen molar-refractivity contribution in [2.75, 3.05) is 0 Å². The van der Waals surface area contributed by atoms with E-state index in [9.17, 15) is 14.7 Å². The first-order valence-electron chi connectivity index (χ1n) is 7.10. The summed E-state index contributed by atoms with van der Waals surface area (Å²) in [5.74, 6) is -1.63. The van der Waals surface area contributed by atoms with Gasteiger partial charge in [-0.15, -0.1) is 0 Å². The average Bonchev–Trinajstić information content (AvgIpc) is 3.00. The van der Waals surface area contributed by atoms with E-state index in [4.69, 9.17) is 0 Å². The Morgan fingerprint density at radius 1 is 1.27 bits per heavy atom. The number of hydrogen-bond donors (Lipinski definition) is 3. The summed E-state index contributed by atoms with van der Waals surface area (Å²) < 4.78 is 0. The number of hydrogen-bond acceptors (Lipinski definition) is 3. The highest BCUT2D eigenvalue weighted by molar-refractivity contribution is 5.85. The van der Waals surface area contributed by atoms with E-state index in [1.54, 1.807) is 13.1 Å². The molecular formula is C16H19N3O3. The Balaban J connectivity index is 1.94. The van der Waals surface area contributed by atoms with Gasteiger partial charge in [0.1, 0.15) is 6.04 Å². The molecule has 0 fully saturated rings. The molecule has 22 heavy (non-hydrogen) atoms. The van der Waals surface area contributed by atoms with Gasteiger partial charge in [-0.2, -0.15) is 0 Å². The second-order valence-corrected chi connectivity index (χ2v) is 5.27. The summed E-state index contributed by atoms with van der Waals surface area (Å²) in [6.45, 7) is 1.79. The number of rotatable bonds is 7. The van der Waals surface area contributed by atoms with Crippen molar-refractivity contribution in [3.8, 4) is 0 Å². The normalized spacial score (nSPS) is 13.3. The van der Waals surface area contributed by atoms with Crippen LogP contribution in [0, 0.1) is 5.92 Å². The van der Waals surface area contributed by atoms with Crippen molar-refractivity contribution < 1.29 is 14.7 Å². The standard InChI is InChI=1S/C16H19N3O3/c1-11(7-12-5-3-2-4-6-12)15(20)19-14(16(21)22)8-13-9-17-10-18-13/h2-6,9-11,14H,7-8H2,1H3,(H,17,18)(H,19,20)(H,21,22)/t11?,14-/m0/s1. The van der Waals surface area contributed by atoms with Gasteiger partial charge in [-0.1, -0.05) is 37.3 Å². The molecule has 2 aromatic rings. The number of aromatic nitrogens is 2. The molecule has 116 valence electrons. The van der Waals surface area contributed by atoms with Crippen molar-refractivity contribution in [1.82, 2.24) is 15.3 Å².